The van der Waals surface area contributed by atoms with E-state index in [-0.39, 0.29) is 18.5 Å². The van der Waals surface area contributed by atoms with Gasteiger partial charge in [-0.2, -0.15) is 0 Å². The van der Waals surface area contributed by atoms with Crippen LogP contribution in [-0.2, 0) is 14.3 Å². The highest BCUT2D eigenvalue weighted by atomic mass is 16.5. The van der Waals surface area contributed by atoms with Crippen molar-refractivity contribution >= 4 is 11.9 Å². The standard InChI is InChI=1S/C67H129NO5/c1-3-5-7-9-11-13-15-17-19-28-33-37-41-45-49-53-57-61-67(72)73-62-58-54-50-46-42-38-34-30-27-25-23-21-20-22-24-26-29-32-36-40-44-48-52-56-60-66(71)68-64(63-69)65(70)59-55-51-47-43-39-35-31-18-16-14-12-10-8-6-4-2/h11,13,17,19,64-65,69-70H,3-10,12,14-16,18,20-63H2,1-2H3,(H,68,71)/b13-11-,19-17-. The smallest absolute Gasteiger partial charge is 0.305 e. The van der Waals surface area contributed by atoms with E-state index < -0.39 is 12.1 Å². The topological polar surface area (TPSA) is 95.9 Å². The first kappa shape index (κ1) is 71.3. The summed E-state index contributed by atoms with van der Waals surface area (Å²) in [4.78, 5) is 24.6. The van der Waals surface area contributed by atoms with Gasteiger partial charge in [0.1, 0.15) is 0 Å². The molecule has 0 aliphatic carbocycles. The minimum Gasteiger partial charge on any atom is -0.466 e. The van der Waals surface area contributed by atoms with Gasteiger partial charge in [0.2, 0.25) is 5.91 Å². The Morgan fingerprint density at radius 1 is 0.384 bits per heavy atom. The minimum atomic E-state index is -0.663. The number of aliphatic hydroxyl groups is 2. The van der Waals surface area contributed by atoms with E-state index in [0.717, 1.165) is 51.4 Å². The lowest BCUT2D eigenvalue weighted by molar-refractivity contribution is -0.143. The molecule has 432 valence electrons. The van der Waals surface area contributed by atoms with Crippen molar-refractivity contribution in [1.29, 1.82) is 0 Å². The molecular formula is C67H129NO5. The Labute approximate surface area is 456 Å². The molecule has 1 amide bonds. The van der Waals surface area contributed by atoms with Crippen LogP contribution in [0, 0.1) is 0 Å². The highest BCUT2D eigenvalue weighted by molar-refractivity contribution is 5.76. The third-order valence-electron chi connectivity index (χ3n) is 15.5. The van der Waals surface area contributed by atoms with Gasteiger partial charge in [-0.3, -0.25) is 9.59 Å². The summed E-state index contributed by atoms with van der Waals surface area (Å²) in [5.74, 6) is -0.0231. The summed E-state index contributed by atoms with van der Waals surface area (Å²) in [6, 6.07) is -0.540. The van der Waals surface area contributed by atoms with Crippen LogP contribution in [0.25, 0.3) is 0 Å². The van der Waals surface area contributed by atoms with Gasteiger partial charge in [-0.15, -0.1) is 0 Å². The SMILES string of the molecule is CCCCC/C=C\C/C=C\CCCCCCCCCC(=O)OCCCCCCCCCCCCCCCCCCCCCCCCCCC(=O)NC(CO)C(O)CCCCCCCCCCCCCCCCC. The van der Waals surface area contributed by atoms with Crippen LogP contribution < -0.4 is 5.32 Å². The lowest BCUT2D eigenvalue weighted by Crippen LogP contribution is -2.45. The summed E-state index contributed by atoms with van der Waals surface area (Å²) in [6.07, 6.45) is 77.7. The first-order valence-electron chi connectivity index (χ1n) is 33.1. The highest BCUT2D eigenvalue weighted by Crippen LogP contribution is 2.18. The number of unbranched alkanes of at least 4 members (excludes halogenated alkanes) is 47. The van der Waals surface area contributed by atoms with Crippen LogP contribution in [0.3, 0.4) is 0 Å². The van der Waals surface area contributed by atoms with E-state index in [0.29, 0.717) is 25.9 Å². The van der Waals surface area contributed by atoms with Crippen LogP contribution in [-0.4, -0.2) is 47.4 Å². The van der Waals surface area contributed by atoms with Crippen LogP contribution in [0.2, 0.25) is 0 Å². The first-order chi connectivity index (χ1) is 36.0. The number of amides is 1. The van der Waals surface area contributed by atoms with Gasteiger partial charge in [0, 0.05) is 12.8 Å². The fraction of sp³-hybridized carbons (Fsp3) is 0.910. The average molecular weight is 1030 g/mol. The van der Waals surface area contributed by atoms with Crippen molar-refractivity contribution < 1.29 is 24.5 Å². The van der Waals surface area contributed by atoms with Crippen LogP contribution in [0.1, 0.15) is 367 Å². The second-order valence-corrected chi connectivity index (χ2v) is 22.8. The van der Waals surface area contributed by atoms with Crippen LogP contribution in [0.15, 0.2) is 24.3 Å². The normalized spacial score (nSPS) is 12.7. The molecule has 0 saturated carbocycles. The lowest BCUT2D eigenvalue weighted by Gasteiger charge is -2.22. The van der Waals surface area contributed by atoms with Gasteiger partial charge >= 0.3 is 5.97 Å². The fourth-order valence-corrected chi connectivity index (χ4v) is 10.4. The van der Waals surface area contributed by atoms with Crippen LogP contribution >= 0.6 is 0 Å². The Balaban J connectivity index is 3.35. The minimum absolute atomic E-state index is 0.00829. The molecule has 0 aromatic carbocycles. The third-order valence-corrected chi connectivity index (χ3v) is 15.5. The molecule has 0 saturated heterocycles. The predicted octanol–water partition coefficient (Wildman–Crippen LogP) is 21.0. The van der Waals surface area contributed by atoms with Gasteiger partial charge in [-0.1, -0.05) is 321 Å². The van der Waals surface area contributed by atoms with Crippen molar-refractivity contribution in [2.24, 2.45) is 0 Å². The number of nitrogens with one attached hydrogen (secondary N) is 1. The molecular weight excluding hydrogens is 899 g/mol. The largest absolute Gasteiger partial charge is 0.466 e. The van der Waals surface area contributed by atoms with Crippen molar-refractivity contribution in [2.75, 3.05) is 13.2 Å². The van der Waals surface area contributed by atoms with Gasteiger partial charge in [0.05, 0.1) is 25.4 Å². The van der Waals surface area contributed by atoms with Gasteiger partial charge < -0.3 is 20.3 Å². The molecule has 73 heavy (non-hydrogen) atoms. The molecule has 0 aromatic rings. The molecule has 0 aromatic heterocycles. The summed E-state index contributed by atoms with van der Waals surface area (Å²) < 4.78 is 5.49. The summed E-state index contributed by atoms with van der Waals surface area (Å²) in [5, 5.41) is 23.3. The van der Waals surface area contributed by atoms with Gasteiger partial charge in [0.15, 0.2) is 0 Å². The molecule has 6 heteroatoms. The molecule has 2 atom stereocenters. The van der Waals surface area contributed by atoms with Gasteiger partial charge in [0.25, 0.3) is 0 Å². The monoisotopic (exact) mass is 1030 g/mol. The third kappa shape index (κ3) is 59.4. The number of esters is 1. The zero-order chi connectivity index (χ0) is 52.9. The maximum Gasteiger partial charge on any atom is 0.305 e. The zero-order valence-corrected chi connectivity index (χ0v) is 49.4. The van der Waals surface area contributed by atoms with E-state index in [4.69, 9.17) is 4.74 Å². The summed E-state index contributed by atoms with van der Waals surface area (Å²) in [6.45, 7) is 4.95. The molecule has 0 radical (unpaired) electrons. The van der Waals surface area contributed by atoms with Gasteiger partial charge in [-0.05, 0) is 57.8 Å². The molecule has 0 bridgehead atoms. The number of aliphatic hydroxyl groups excluding tert-OH is 2. The Bertz CT molecular complexity index is 1140. The number of allylic oxidation sites excluding steroid dienone is 4. The fourth-order valence-electron chi connectivity index (χ4n) is 10.4. The van der Waals surface area contributed by atoms with E-state index in [9.17, 15) is 19.8 Å². The van der Waals surface area contributed by atoms with Gasteiger partial charge in [-0.25, -0.2) is 0 Å². The molecule has 0 heterocycles. The zero-order valence-electron chi connectivity index (χ0n) is 49.4. The quantitative estimate of drug-likeness (QED) is 0.0320. The number of carbonyl (C=O) groups is 2. The van der Waals surface area contributed by atoms with Crippen molar-refractivity contribution in [3.05, 3.63) is 24.3 Å². The molecule has 2 unspecified atom stereocenters. The molecule has 3 N–H and O–H groups in total. The first-order valence-corrected chi connectivity index (χ1v) is 33.1. The molecule has 0 aliphatic heterocycles. The molecule has 0 rings (SSSR count). The Hall–Kier alpha value is -1.66. The molecule has 0 fully saturated rings. The highest BCUT2D eigenvalue weighted by Gasteiger charge is 2.20. The number of hydrogen-bond donors (Lipinski definition) is 3. The van der Waals surface area contributed by atoms with Crippen LogP contribution in [0.5, 0.6) is 0 Å². The lowest BCUT2D eigenvalue weighted by atomic mass is 10.0. The van der Waals surface area contributed by atoms with E-state index in [2.05, 4.69) is 43.5 Å². The Morgan fingerprint density at radius 2 is 0.685 bits per heavy atom. The number of rotatable bonds is 62. The van der Waals surface area contributed by atoms with Crippen molar-refractivity contribution in [3.63, 3.8) is 0 Å². The summed E-state index contributed by atoms with van der Waals surface area (Å²) in [7, 11) is 0. The maximum absolute atomic E-state index is 12.5. The number of hydrogen-bond acceptors (Lipinski definition) is 5. The van der Waals surface area contributed by atoms with E-state index in [1.54, 1.807) is 0 Å². The number of ether oxygens (including phenoxy) is 1. The van der Waals surface area contributed by atoms with E-state index in [1.165, 1.54) is 283 Å². The second kappa shape index (κ2) is 62.9. The Kier molecular flexibility index (Phi) is 61.4. The number of carbonyl (C=O) groups excluding carboxylic acids is 2. The Morgan fingerprint density at radius 3 is 1.07 bits per heavy atom. The maximum atomic E-state index is 12.5. The molecule has 0 aliphatic rings. The van der Waals surface area contributed by atoms with E-state index >= 15 is 0 Å². The van der Waals surface area contributed by atoms with Crippen LogP contribution in [0.4, 0.5) is 0 Å². The van der Waals surface area contributed by atoms with E-state index in [1.807, 2.05) is 0 Å². The second-order valence-electron chi connectivity index (χ2n) is 22.8. The van der Waals surface area contributed by atoms with Crippen molar-refractivity contribution in [2.45, 2.75) is 379 Å². The molecule has 0 spiro atoms. The predicted molar refractivity (Wildman–Crippen MR) is 320 cm³/mol. The summed E-state index contributed by atoms with van der Waals surface area (Å²) in [5.41, 5.74) is 0. The van der Waals surface area contributed by atoms with Crippen molar-refractivity contribution in [1.82, 2.24) is 5.32 Å². The summed E-state index contributed by atoms with van der Waals surface area (Å²) >= 11 is 0. The molecule has 6 nitrogen and oxygen atoms in total. The van der Waals surface area contributed by atoms with Crippen molar-refractivity contribution in [3.8, 4) is 0 Å². The average Bonchev–Trinajstić information content (AvgIpc) is 3.39.